The van der Waals surface area contributed by atoms with E-state index in [2.05, 4.69) is 69.7 Å². The highest BCUT2D eigenvalue weighted by Gasteiger charge is 2.26. The minimum absolute atomic E-state index is 0.0728. The second kappa shape index (κ2) is 8.19. The molecule has 0 saturated carbocycles. The third kappa shape index (κ3) is 3.93. The predicted octanol–water partition coefficient (Wildman–Crippen LogP) is 5.21. The lowest BCUT2D eigenvalue weighted by molar-refractivity contribution is 0.0742. The van der Waals surface area contributed by atoms with Crippen molar-refractivity contribution < 1.29 is 9.21 Å². The van der Waals surface area contributed by atoms with Crippen LogP contribution in [-0.4, -0.2) is 37.0 Å². The van der Waals surface area contributed by atoms with E-state index in [9.17, 15) is 9.59 Å². The Kier molecular flexibility index (Phi) is 5.77. The number of piperazine rings is 1. The molecule has 0 spiro atoms. The van der Waals surface area contributed by atoms with Crippen molar-refractivity contribution in [2.75, 3.05) is 31.1 Å². The van der Waals surface area contributed by atoms with Gasteiger partial charge in [0.05, 0.1) is 4.47 Å². The maximum atomic E-state index is 13.1. The van der Waals surface area contributed by atoms with Crippen LogP contribution in [0.1, 0.15) is 27.0 Å². The van der Waals surface area contributed by atoms with Crippen LogP contribution < -0.4 is 10.5 Å². The highest BCUT2D eigenvalue weighted by Crippen LogP contribution is 2.29. The van der Waals surface area contributed by atoms with Gasteiger partial charge in [0.1, 0.15) is 5.56 Å². The number of amides is 1. The van der Waals surface area contributed by atoms with Crippen LogP contribution in [0.25, 0.3) is 11.0 Å². The molecule has 0 aliphatic carbocycles. The molecule has 3 aromatic rings. The maximum absolute atomic E-state index is 13.1. The van der Waals surface area contributed by atoms with Crippen molar-refractivity contribution in [3.63, 3.8) is 0 Å². The van der Waals surface area contributed by atoms with Gasteiger partial charge in [0.25, 0.3) is 5.91 Å². The Balaban J connectivity index is 1.57. The number of fused-ring (bicyclic) bond motifs is 1. The number of nitrogens with zero attached hydrogens (tertiary/aromatic N) is 2. The molecule has 1 amide bonds. The molecular formula is C23H22Br2N2O3. The Bertz CT molecular complexity index is 1190. The van der Waals surface area contributed by atoms with Gasteiger partial charge in [-0.25, -0.2) is 4.79 Å². The van der Waals surface area contributed by atoms with Crippen LogP contribution in [0, 0.1) is 20.8 Å². The van der Waals surface area contributed by atoms with Gasteiger partial charge < -0.3 is 14.2 Å². The third-order valence-corrected chi connectivity index (χ3v) is 6.55. The Hall–Kier alpha value is -2.12. The fraction of sp³-hybridized carbons (Fsp3) is 0.304. The molecule has 0 bridgehead atoms. The second-order valence-electron chi connectivity index (χ2n) is 7.78. The van der Waals surface area contributed by atoms with Crippen LogP contribution in [0.5, 0.6) is 0 Å². The van der Waals surface area contributed by atoms with Crippen LogP contribution in [-0.2, 0) is 0 Å². The van der Waals surface area contributed by atoms with E-state index in [1.165, 1.54) is 22.4 Å². The van der Waals surface area contributed by atoms with Crippen molar-refractivity contribution in [1.29, 1.82) is 0 Å². The number of hydrogen-bond acceptors (Lipinski definition) is 4. The monoisotopic (exact) mass is 532 g/mol. The summed E-state index contributed by atoms with van der Waals surface area (Å²) in [6.07, 6.45) is 0. The molecule has 1 fully saturated rings. The third-order valence-electron chi connectivity index (χ3n) is 5.50. The summed E-state index contributed by atoms with van der Waals surface area (Å²) in [4.78, 5) is 29.6. The topological polar surface area (TPSA) is 53.8 Å². The van der Waals surface area contributed by atoms with E-state index in [0.717, 1.165) is 17.6 Å². The van der Waals surface area contributed by atoms with Gasteiger partial charge in [-0.3, -0.25) is 4.79 Å². The summed E-state index contributed by atoms with van der Waals surface area (Å²) in [5, 5.41) is 0.698. The van der Waals surface area contributed by atoms with Crippen molar-refractivity contribution >= 4 is 54.4 Å². The largest absolute Gasteiger partial charge is 0.421 e. The minimum atomic E-state index is -0.608. The highest BCUT2D eigenvalue weighted by atomic mass is 79.9. The molecule has 4 rings (SSSR count). The molecule has 156 valence electrons. The molecule has 2 heterocycles. The van der Waals surface area contributed by atoms with Gasteiger partial charge in [-0.15, -0.1) is 0 Å². The number of hydrogen-bond donors (Lipinski definition) is 0. The number of carbonyl (C=O) groups excluding carboxylic acids is 1. The smallest absolute Gasteiger partial charge is 0.349 e. The summed E-state index contributed by atoms with van der Waals surface area (Å²) in [6.45, 7) is 8.94. The van der Waals surface area contributed by atoms with Gasteiger partial charge in [0.15, 0.2) is 5.58 Å². The Labute approximate surface area is 191 Å². The number of benzene rings is 2. The van der Waals surface area contributed by atoms with E-state index in [1.807, 2.05) is 6.07 Å². The zero-order chi connectivity index (χ0) is 21.6. The molecule has 0 radical (unpaired) electrons. The van der Waals surface area contributed by atoms with Crippen LogP contribution in [0.4, 0.5) is 5.69 Å². The summed E-state index contributed by atoms with van der Waals surface area (Å²) in [6, 6.07) is 9.65. The van der Waals surface area contributed by atoms with Gasteiger partial charge in [-0.05, 0) is 66.0 Å². The first-order valence-electron chi connectivity index (χ1n) is 9.79. The second-order valence-corrected chi connectivity index (χ2v) is 9.55. The van der Waals surface area contributed by atoms with E-state index >= 15 is 0 Å². The van der Waals surface area contributed by atoms with Crippen LogP contribution >= 0.6 is 31.9 Å². The van der Waals surface area contributed by atoms with E-state index in [-0.39, 0.29) is 11.5 Å². The molecule has 0 atom stereocenters. The van der Waals surface area contributed by atoms with E-state index in [4.69, 9.17) is 4.42 Å². The molecule has 7 heteroatoms. The molecule has 5 nitrogen and oxygen atoms in total. The zero-order valence-electron chi connectivity index (χ0n) is 17.1. The molecule has 0 N–H and O–H groups in total. The summed E-state index contributed by atoms with van der Waals surface area (Å²) >= 11 is 6.84. The average Bonchev–Trinajstić information content (AvgIpc) is 2.67. The minimum Gasteiger partial charge on any atom is -0.421 e. The molecule has 1 aliphatic heterocycles. The van der Waals surface area contributed by atoms with E-state index in [0.29, 0.717) is 28.5 Å². The first kappa shape index (κ1) is 21.1. The van der Waals surface area contributed by atoms with Crippen LogP contribution in [0.3, 0.4) is 0 Å². The summed E-state index contributed by atoms with van der Waals surface area (Å²) in [7, 11) is 0. The normalized spacial score (nSPS) is 14.4. The number of halogens is 2. The number of rotatable bonds is 2. The lowest BCUT2D eigenvalue weighted by atomic mass is 10.0. The van der Waals surface area contributed by atoms with E-state index in [1.54, 1.807) is 17.0 Å². The maximum Gasteiger partial charge on any atom is 0.349 e. The first-order chi connectivity index (χ1) is 14.2. The fourth-order valence-corrected chi connectivity index (χ4v) is 5.62. The molecule has 2 aromatic carbocycles. The molecule has 0 unspecified atom stereocenters. The summed E-state index contributed by atoms with van der Waals surface area (Å²) in [5.74, 6) is -0.279. The SMILES string of the molecule is Cc1cc(C)c(N2CCN(C(=O)c3cc4cc(Br)cc(Br)c4oc3=O)CC2)c(C)c1. The fourth-order valence-electron chi connectivity index (χ4n) is 4.28. The van der Waals surface area contributed by atoms with Crippen molar-refractivity contribution in [2.24, 2.45) is 0 Å². The highest BCUT2D eigenvalue weighted by molar-refractivity contribution is 9.11. The van der Waals surface area contributed by atoms with Gasteiger partial charge in [-0.2, -0.15) is 0 Å². The van der Waals surface area contributed by atoms with Crippen LogP contribution in [0.15, 0.2) is 48.5 Å². The number of carbonyl (C=O) groups is 1. The summed E-state index contributed by atoms with van der Waals surface area (Å²) in [5.41, 5.74) is 4.90. The zero-order valence-corrected chi connectivity index (χ0v) is 20.3. The summed E-state index contributed by atoms with van der Waals surface area (Å²) < 4.78 is 6.95. The van der Waals surface area contributed by atoms with Gasteiger partial charge >= 0.3 is 5.63 Å². The van der Waals surface area contributed by atoms with Crippen molar-refractivity contribution in [1.82, 2.24) is 4.90 Å². The number of anilines is 1. The molecule has 1 aromatic heterocycles. The van der Waals surface area contributed by atoms with Crippen molar-refractivity contribution in [2.45, 2.75) is 20.8 Å². The van der Waals surface area contributed by atoms with Crippen molar-refractivity contribution in [3.8, 4) is 0 Å². The van der Waals surface area contributed by atoms with Crippen LogP contribution in [0.2, 0.25) is 0 Å². The lowest BCUT2D eigenvalue weighted by Crippen LogP contribution is -2.49. The van der Waals surface area contributed by atoms with Crippen molar-refractivity contribution in [3.05, 3.63) is 72.0 Å². The predicted molar refractivity (Wildman–Crippen MR) is 127 cm³/mol. The van der Waals surface area contributed by atoms with Gasteiger partial charge in [-0.1, -0.05) is 33.6 Å². The Morgan fingerprint density at radius 3 is 2.20 bits per heavy atom. The standard InChI is InChI=1S/C23H22Br2N2O3/c1-13-8-14(2)20(15(3)9-13)26-4-6-27(7-5-26)22(28)18-11-16-10-17(24)12-19(25)21(16)30-23(18)29/h8-12H,4-7H2,1-3H3. The quantitative estimate of drug-likeness (QED) is 0.424. The molecule has 1 saturated heterocycles. The molecule has 30 heavy (non-hydrogen) atoms. The Morgan fingerprint density at radius 1 is 0.933 bits per heavy atom. The average molecular weight is 534 g/mol. The molecule has 1 aliphatic rings. The lowest BCUT2D eigenvalue weighted by Gasteiger charge is -2.37. The first-order valence-corrected chi connectivity index (χ1v) is 11.4. The van der Waals surface area contributed by atoms with E-state index < -0.39 is 5.63 Å². The molecular weight excluding hydrogens is 512 g/mol. The van der Waals surface area contributed by atoms with Gasteiger partial charge in [0.2, 0.25) is 0 Å². The Morgan fingerprint density at radius 2 is 1.57 bits per heavy atom. The van der Waals surface area contributed by atoms with Gasteiger partial charge in [0, 0.05) is 41.7 Å². The number of aryl methyl sites for hydroxylation is 3.